The van der Waals surface area contributed by atoms with Crippen molar-refractivity contribution in [2.45, 2.75) is 135 Å². The van der Waals surface area contributed by atoms with Crippen LogP contribution in [-0.4, -0.2) is 24.2 Å². The summed E-state index contributed by atoms with van der Waals surface area (Å²) < 4.78 is 0. The topological polar surface area (TPSA) is 49.3 Å². The number of carbonyl (C=O) groups is 1. The van der Waals surface area contributed by atoms with E-state index in [4.69, 9.17) is 5.11 Å². The number of carbonyl (C=O) groups excluding carboxylic acids is 1. The molecule has 0 fully saturated rings. The lowest BCUT2D eigenvalue weighted by molar-refractivity contribution is -0.121. The summed E-state index contributed by atoms with van der Waals surface area (Å²) in [7, 11) is 0. The smallest absolute Gasteiger partial charge is 0.220 e. The molecule has 0 aliphatic carbocycles. The van der Waals surface area contributed by atoms with E-state index in [0.29, 0.717) is 13.0 Å². The molecule has 0 aliphatic heterocycles. The quantitative estimate of drug-likeness (QED) is 0.136. The largest absolute Gasteiger partial charge is 0.395 e. The van der Waals surface area contributed by atoms with E-state index in [0.717, 1.165) is 12.8 Å². The van der Waals surface area contributed by atoms with Crippen LogP contribution in [0.3, 0.4) is 0 Å². The highest BCUT2D eigenvalue weighted by molar-refractivity contribution is 5.75. The second kappa shape index (κ2) is 25.2. The van der Waals surface area contributed by atoms with Crippen molar-refractivity contribution in [2.75, 3.05) is 13.2 Å². The first-order valence-electron chi connectivity index (χ1n) is 12.8. The Hall–Kier alpha value is -0.830. The monoisotopic (exact) mass is 409 g/mol. The van der Waals surface area contributed by atoms with Crippen molar-refractivity contribution in [1.29, 1.82) is 0 Å². The first kappa shape index (κ1) is 28.2. The van der Waals surface area contributed by atoms with Gasteiger partial charge in [0.05, 0.1) is 6.61 Å². The van der Waals surface area contributed by atoms with Crippen LogP contribution in [0.4, 0.5) is 0 Å². The molecule has 0 aromatic heterocycles. The summed E-state index contributed by atoms with van der Waals surface area (Å²) in [5.41, 5.74) is 0. The molecule has 0 saturated carbocycles. The Bertz CT molecular complexity index is 355. The number of aliphatic hydroxyl groups is 1. The Morgan fingerprint density at radius 3 is 1.52 bits per heavy atom. The first-order chi connectivity index (χ1) is 14.3. The average Bonchev–Trinajstić information content (AvgIpc) is 2.73. The zero-order valence-corrected chi connectivity index (χ0v) is 19.6. The standard InChI is InChI=1S/C26H51NO2/c1-2-3-4-5-6-7-8-9-10-11-12-13-14-15-16-17-18-19-20-21-22-23-26(29)27-24-25-28/h11-12,28H,2-10,13-25H2,1H3,(H,27,29)/b12-11-. The Morgan fingerprint density at radius 1 is 0.655 bits per heavy atom. The van der Waals surface area contributed by atoms with Crippen molar-refractivity contribution in [3.8, 4) is 0 Å². The third kappa shape index (κ3) is 25.1. The molecule has 1 amide bonds. The van der Waals surface area contributed by atoms with E-state index in [2.05, 4.69) is 24.4 Å². The lowest BCUT2D eigenvalue weighted by Crippen LogP contribution is -2.25. The fourth-order valence-corrected chi connectivity index (χ4v) is 3.70. The van der Waals surface area contributed by atoms with Gasteiger partial charge in [-0.1, -0.05) is 109 Å². The third-order valence-corrected chi connectivity index (χ3v) is 5.60. The molecule has 2 N–H and O–H groups in total. The van der Waals surface area contributed by atoms with Crippen LogP contribution in [0.25, 0.3) is 0 Å². The van der Waals surface area contributed by atoms with Crippen molar-refractivity contribution >= 4 is 5.91 Å². The normalized spacial score (nSPS) is 11.4. The van der Waals surface area contributed by atoms with Crippen molar-refractivity contribution in [3.05, 3.63) is 12.2 Å². The SMILES string of the molecule is CCCCCCCCCC/C=C\CCCCCCCCCCCC(=O)NCCO. The molecule has 29 heavy (non-hydrogen) atoms. The van der Waals surface area contributed by atoms with E-state index >= 15 is 0 Å². The van der Waals surface area contributed by atoms with Gasteiger partial charge in [0.15, 0.2) is 0 Å². The van der Waals surface area contributed by atoms with Gasteiger partial charge < -0.3 is 10.4 Å². The summed E-state index contributed by atoms with van der Waals surface area (Å²) in [4.78, 5) is 11.4. The first-order valence-corrected chi connectivity index (χ1v) is 12.8. The number of amides is 1. The van der Waals surface area contributed by atoms with E-state index in [1.807, 2.05) is 0 Å². The minimum atomic E-state index is 0.0291. The van der Waals surface area contributed by atoms with Crippen molar-refractivity contribution in [2.24, 2.45) is 0 Å². The predicted molar refractivity (Wildman–Crippen MR) is 127 cm³/mol. The summed E-state index contributed by atoms with van der Waals surface area (Å²) in [5, 5.41) is 11.3. The number of rotatable bonds is 23. The molecule has 0 spiro atoms. The molecule has 0 bridgehead atoms. The van der Waals surface area contributed by atoms with Crippen LogP contribution in [-0.2, 0) is 4.79 Å². The minimum Gasteiger partial charge on any atom is -0.395 e. The van der Waals surface area contributed by atoms with Gasteiger partial charge in [-0.3, -0.25) is 4.79 Å². The zero-order chi connectivity index (χ0) is 21.3. The summed E-state index contributed by atoms with van der Waals surface area (Å²) in [5.74, 6) is 0.0749. The van der Waals surface area contributed by atoms with Gasteiger partial charge in [0, 0.05) is 13.0 Å². The molecule has 0 radical (unpaired) electrons. The highest BCUT2D eigenvalue weighted by atomic mass is 16.3. The van der Waals surface area contributed by atoms with Crippen LogP contribution in [0.2, 0.25) is 0 Å². The van der Waals surface area contributed by atoms with Crippen LogP contribution in [0.15, 0.2) is 12.2 Å². The minimum absolute atomic E-state index is 0.0291. The van der Waals surface area contributed by atoms with Gasteiger partial charge in [-0.2, -0.15) is 0 Å². The summed E-state index contributed by atoms with van der Waals surface area (Å²) in [6.07, 6.45) is 30.7. The molecule has 0 aromatic rings. The molecule has 0 aliphatic rings. The Morgan fingerprint density at radius 2 is 1.07 bits per heavy atom. The van der Waals surface area contributed by atoms with Crippen LogP contribution in [0.1, 0.15) is 135 Å². The van der Waals surface area contributed by atoms with Crippen molar-refractivity contribution < 1.29 is 9.90 Å². The van der Waals surface area contributed by atoms with Gasteiger partial charge in [0.1, 0.15) is 0 Å². The number of hydrogen-bond acceptors (Lipinski definition) is 2. The number of nitrogens with one attached hydrogen (secondary N) is 1. The average molecular weight is 410 g/mol. The number of unbranched alkanes of at least 4 members (excludes halogenated alkanes) is 17. The van der Waals surface area contributed by atoms with Crippen LogP contribution >= 0.6 is 0 Å². The molecule has 172 valence electrons. The van der Waals surface area contributed by atoms with E-state index < -0.39 is 0 Å². The molecule has 0 aromatic carbocycles. The molecule has 0 unspecified atom stereocenters. The predicted octanol–water partition coefficient (Wildman–Crippen LogP) is 7.47. The van der Waals surface area contributed by atoms with E-state index in [1.54, 1.807) is 0 Å². The molecule has 0 heterocycles. The Kier molecular flexibility index (Phi) is 24.5. The molecule has 0 saturated heterocycles. The van der Waals surface area contributed by atoms with Gasteiger partial charge in [0.25, 0.3) is 0 Å². The van der Waals surface area contributed by atoms with E-state index in [9.17, 15) is 4.79 Å². The fraction of sp³-hybridized carbons (Fsp3) is 0.885. The maximum atomic E-state index is 11.4. The van der Waals surface area contributed by atoms with Crippen molar-refractivity contribution in [3.63, 3.8) is 0 Å². The molecular weight excluding hydrogens is 358 g/mol. The summed E-state index contributed by atoms with van der Waals surface area (Å²) in [6.45, 7) is 2.69. The van der Waals surface area contributed by atoms with Gasteiger partial charge in [-0.05, 0) is 32.1 Å². The Balaban J connectivity index is 3.12. The maximum absolute atomic E-state index is 11.4. The number of aliphatic hydroxyl groups excluding tert-OH is 1. The van der Waals surface area contributed by atoms with Crippen LogP contribution in [0, 0.1) is 0 Å². The number of hydrogen-bond donors (Lipinski definition) is 2. The highest BCUT2D eigenvalue weighted by Crippen LogP contribution is 2.12. The highest BCUT2D eigenvalue weighted by Gasteiger charge is 1.99. The number of allylic oxidation sites excluding steroid dienone is 2. The molecular formula is C26H51NO2. The lowest BCUT2D eigenvalue weighted by Gasteiger charge is -2.03. The molecule has 0 rings (SSSR count). The fourth-order valence-electron chi connectivity index (χ4n) is 3.70. The van der Waals surface area contributed by atoms with E-state index in [1.165, 1.54) is 109 Å². The maximum Gasteiger partial charge on any atom is 0.220 e. The van der Waals surface area contributed by atoms with Gasteiger partial charge in [0.2, 0.25) is 5.91 Å². The second-order valence-electron chi connectivity index (χ2n) is 8.53. The summed E-state index contributed by atoms with van der Waals surface area (Å²) >= 11 is 0. The van der Waals surface area contributed by atoms with Gasteiger partial charge in [-0.25, -0.2) is 0 Å². The van der Waals surface area contributed by atoms with Gasteiger partial charge >= 0.3 is 0 Å². The van der Waals surface area contributed by atoms with Crippen LogP contribution in [0.5, 0.6) is 0 Å². The van der Waals surface area contributed by atoms with E-state index in [-0.39, 0.29) is 12.5 Å². The zero-order valence-electron chi connectivity index (χ0n) is 19.6. The molecule has 0 atom stereocenters. The second-order valence-corrected chi connectivity index (χ2v) is 8.53. The van der Waals surface area contributed by atoms with Crippen molar-refractivity contribution in [1.82, 2.24) is 5.32 Å². The summed E-state index contributed by atoms with van der Waals surface area (Å²) in [6, 6.07) is 0. The lowest BCUT2D eigenvalue weighted by atomic mass is 10.1. The molecule has 3 heteroatoms. The third-order valence-electron chi connectivity index (χ3n) is 5.60. The van der Waals surface area contributed by atoms with Crippen LogP contribution < -0.4 is 5.32 Å². The Labute approximate surface area is 182 Å². The van der Waals surface area contributed by atoms with Gasteiger partial charge in [-0.15, -0.1) is 0 Å². The molecule has 3 nitrogen and oxygen atoms in total.